The van der Waals surface area contributed by atoms with Crippen molar-refractivity contribution in [1.29, 1.82) is 0 Å². The molecule has 0 aromatic heterocycles. The Balaban J connectivity index is 2.10. The number of halogens is 1. The summed E-state index contributed by atoms with van der Waals surface area (Å²) in [5.41, 5.74) is 1.68. The monoisotopic (exact) mass is 283 g/mol. The molecule has 1 N–H and O–H groups in total. The maximum atomic E-state index is 13.8. The van der Waals surface area contributed by atoms with Crippen molar-refractivity contribution in [2.75, 3.05) is 18.1 Å². The minimum atomic E-state index is -0.790. The van der Waals surface area contributed by atoms with Crippen LogP contribution < -0.4 is 0 Å². The molecule has 1 atom stereocenters. The molecular weight excluding hydrogens is 265 g/mol. The van der Waals surface area contributed by atoms with Crippen LogP contribution in [-0.4, -0.2) is 40.1 Å². The lowest BCUT2D eigenvalue weighted by molar-refractivity contribution is -0.138. The summed E-state index contributed by atoms with van der Waals surface area (Å²) in [7, 11) is 0. The molecule has 19 heavy (non-hydrogen) atoms. The summed E-state index contributed by atoms with van der Waals surface area (Å²) in [6, 6.07) is 5.07. The van der Waals surface area contributed by atoms with Crippen LogP contribution >= 0.6 is 11.8 Å². The zero-order chi connectivity index (χ0) is 13.8. The van der Waals surface area contributed by atoms with Gasteiger partial charge in [0.2, 0.25) is 0 Å². The first-order valence-electron chi connectivity index (χ1n) is 6.35. The average Bonchev–Trinajstić information content (AvgIpc) is 2.35. The van der Waals surface area contributed by atoms with E-state index in [1.54, 1.807) is 17.8 Å². The van der Waals surface area contributed by atoms with E-state index in [0.717, 1.165) is 23.6 Å². The minimum absolute atomic E-state index is 0.00355. The van der Waals surface area contributed by atoms with E-state index in [-0.39, 0.29) is 18.3 Å². The second kappa shape index (κ2) is 6.39. The van der Waals surface area contributed by atoms with Gasteiger partial charge in [-0.05, 0) is 13.0 Å². The third-order valence-electron chi connectivity index (χ3n) is 3.33. The Morgan fingerprint density at radius 3 is 3.11 bits per heavy atom. The number of nitrogens with zero attached hydrogens (tertiary/aromatic N) is 1. The summed E-state index contributed by atoms with van der Waals surface area (Å²) in [5.74, 6) is 0.781. The highest BCUT2D eigenvalue weighted by molar-refractivity contribution is 7.99. The third-order valence-corrected chi connectivity index (χ3v) is 4.43. The van der Waals surface area contributed by atoms with Gasteiger partial charge in [0.05, 0.1) is 6.42 Å². The Morgan fingerprint density at radius 1 is 1.58 bits per heavy atom. The van der Waals surface area contributed by atoms with Crippen LogP contribution in [0.15, 0.2) is 18.2 Å². The number of rotatable bonds is 4. The molecule has 3 nitrogen and oxygen atoms in total. The van der Waals surface area contributed by atoms with E-state index in [1.807, 2.05) is 13.0 Å². The van der Waals surface area contributed by atoms with Gasteiger partial charge in [-0.1, -0.05) is 17.7 Å². The van der Waals surface area contributed by atoms with Crippen molar-refractivity contribution >= 4 is 17.7 Å². The summed E-state index contributed by atoms with van der Waals surface area (Å²) >= 11 is 1.77. The van der Waals surface area contributed by atoms with Crippen LogP contribution in [0.3, 0.4) is 0 Å². The second-order valence-corrected chi connectivity index (χ2v) is 6.04. The second-order valence-electron chi connectivity index (χ2n) is 4.89. The lowest BCUT2D eigenvalue weighted by atomic mass is 10.1. The van der Waals surface area contributed by atoms with E-state index in [9.17, 15) is 9.18 Å². The van der Waals surface area contributed by atoms with Crippen LogP contribution in [0.5, 0.6) is 0 Å². The van der Waals surface area contributed by atoms with Crippen molar-refractivity contribution in [1.82, 2.24) is 4.90 Å². The van der Waals surface area contributed by atoms with Gasteiger partial charge in [-0.3, -0.25) is 9.69 Å². The fourth-order valence-electron chi connectivity index (χ4n) is 2.33. The van der Waals surface area contributed by atoms with Crippen molar-refractivity contribution < 1.29 is 14.3 Å². The summed E-state index contributed by atoms with van der Waals surface area (Å²) in [6.45, 7) is 3.24. The quantitative estimate of drug-likeness (QED) is 0.922. The highest BCUT2D eigenvalue weighted by Crippen LogP contribution is 2.22. The molecule has 0 aliphatic carbocycles. The van der Waals surface area contributed by atoms with Crippen molar-refractivity contribution in [2.45, 2.75) is 25.9 Å². The number of hydrogen-bond donors (Lipinski definition) is 1. The predicted molar refractivity (Wildman–Crippen MR) is 74.9 cm³/mol. The molecule has 0 saturated carbocycles. The lowest BCUT2D eigenvalue weighted by Gasteiger charge is -2.34. The van der Waals surface area contributed by atoms with Gasteiger partial charge in [0.1, 0.15) is 5.82 Å². The number of thioether (sulfide) groups is 1. The normalized spacial score (nSPS) is 20.4. The van der Waals surface area contributed by atoms with Gasteiger partial charge in [-0.25, -0.2) is 4.39 Å². The molecule has 1 aliphatic heterocycles. The molecule has 1 saturated heterocycles. The van der Waals surface area contributed by atoms with Gasteiger partial charge in [0.15, 0.2) is 0 Å². The van der Waals surface area contributed by atoms with Crippen LogP contribution in [0, 0.1) is 12.7 Å². The average molecular weight is 283 g/mol. The predicted octanol–water partition coefficient (Wildman–Crippen LogP) is 2.53. The van der Waals surface area contributed by atoms with Crippen molar-refractivity contribution in [3.05, 3.63) is 35.1 Å². The van der Waals surface area contributed by atoms with Crippen molar-refractivity contribution in [3.63, 3.8) is 0 Å². The standard InChI is InChI=1S/C14H18FNO2S/c1-10-2-3-13(15)11(6-10)8-16-4-5-19-9-12(16)7-14(17)18/h2-3,6,12H,4-5,7-9H2,1H3,(H,17,18). The summed E-state index contributed by atoms with van der Waals surface area (Å²) in [4.78, 5) is 13.0. The first kappa shape index (κ1) is 14.3. The van der Waals surface area contributed by atoms with Gasteiger partial charge in [0, 0.05) is 36.2 Å². The lowest BCUT2D eigenvalue weighted by Crippen LogP contribution is -2.43. The number of aryl methyl sites for hydroxylation is 1. The molecule has 2 rings (SSSR count). The van der Waals surface area contributed by atoms with Crippen LogP contribution in [0.4, 0.5) is 4.39 Å². The number of aliphatic carboxylic acids is 1. The Bertz CT molecular complexity index is 467. The molecule has 0 amide bonds. The van der Waals surface area contributed by atoms with Crippen LogP contribution in [-0.2, 0) is 11.3 Å². The number of benzene rings is 1. The molecule has 1 aromatic rings. The van der Waals surface area contributed by atoms with Crippen LogP contribution in [0.1, 0.15) is 17.5 Å². The molecule has 0 bridgehead atoms. The number of carboxylic acids is 1. The first-order chi connectivity index (χ1) is 9.06. The Kier molecular flexibility index (Phi) is 4.82. The molecule has 1 heterocycles. The molecule has 104 valence electrons. The molecular formula is C14H18FNO2S. The molecule has 1 unspecified atom stereocenters. The van der Waals surface area contributed by atoms with Gasteiger partial charge in [0.25, 0.3) is 0 Å². The SMILES string of the molecule is Cc1ccc(F)c(CN2CCSCC2CC(=O)O)c1. The topological polar surface area (TPSA) is 40.5 Å². The van der Waals surface area contributed by atoms with E-state index in [4.69, 9.17) is 5.11 Å². The fourth-order valence-corrected chi connectivity index (χ4v) is 3.46. The number of carboxylic acid groups (broad SMARTS) is 1. The third kappa shape index (κ3) is 3.94. The zero-order valence-corrected chi connectivity index (χ0v) is 11.8. The first-order valence-corrected chi connectivity index (χ1v) is 7.50. The molecule has 1 fully saturated rings. The van der Waals surface area contributed by atoms with Crippen LogP contribution in [0.2, 0.25) is 0 Å². The van der Waals surface area contributed by atoms with Gasteiger partial charge >= 0.3 is 5.97 Å². The Labute approximate surface area is 116 Å². The Hall–Kier alpha value is -1.07. The maximum Gasteiger partial charge on any atom is 0.304 e. The maximum absolute atomic E-state index is 13.8. The van der Waals surface area contributed by atoms with E-state index in [2.05, 4.69) is 4.90 Å². The van der Waals surface area contributed by atoms with E-state index in [0.29, 0.717) is 12.1 Å². The number of carbonyl (C=O) groups is 1. The smallest absolute Gasteiger partial charge is 0.304 e. The summed E-state index contributed by atoms with van der Waals surface area (Å²) in [6.07, 6.45) is 0.125. The van der Waals surface area contributed by atoms with Gasteiger partial charge in [-0.2, -0.15) is 11.8 Å². The van der Waals surface area contributed by atoms with E-state index < -0.39 is 5.97 Å². The van der Waals surface area contributed by atoms with Crippen molar-refractivity contribution in [3.8, 4) is 0 Å². The summed E-state index contributed by atoms with van der Waals surface area (Å²) < 4.78 is 13.8. The fraction of sp³-hybridized carbons (Fsp3) is 0.500. The molecule has 0 radical (unpaired) electrons. The molecule has 1 aromatic carbocycles. The highest BCUT2D eigenvalue weighted by atomic mass is 32.2. The van der Waals surface area contributed by atoms with E-state index >= 15 is 0 Å². The molecule has 1 aliphatic rings. The Morgan fingerprint density at radius 2 is 2.37 bits per heavy atom. The van der Waals surface area contributed by atoms with Crippen molar-refractivity contribution in [2.24, 2.45) is 0 Å². The van der Waals surface area contributed by atoms with Gasteiger partial charge in [-0.15, -0.1) is 0 Å². The zero-order valence-electron chi connectivity index (χ0n) is 10.9. The number of hydrogen-bond acceptors (Lipinski definition) is 3. The molecule has 0 spiro atoms. The largest absolute Gasteiger partial charge is 0.481 e. The van der Waals surface area contributed by atoms with Crippen LogP contribution in [0.25, 0.3) is 0 Å². The summed E-state index contributed by atoms with van der Waals surface area (Å²) in [5, 5.41) is 8.94. The van der Waals surface area contributed by atoms with E-state index in [1.165, 1.54) is 6.07 Å². The minimum Gasteiger partial charge on any atom is -0.481 e. The van der Waals surface area contributed by atoms with Gasteiger partial charge < -0.3 is 5.11 Å². The molecule has 5 heteroatoms. The highest BCUT2D eigenvalue weighted by Gasteiger charge is 2.25.